The highest BCUT2D eigenvalue weighted by molar-refractivity contribution is 5.77. The maximum absolute atomic E-state index is 13.2. The molecule has 0 N–H and O–H groups in total. The quantitative estimate of drug-likeness (QED) is 0.864. The van der Waals surface area contributed by atoms with E-state index in [1.54, 1.807) is 22.0 Å². The zero-order valence-electron chi connectivity index (χ0n) is 10.7. The summed E-state index contributed by atoms with van der Waals surface area (Å²) in [6.07, 6.45) is 4.69. The summed E-state index contributed by atoms with van der Waals surface area (Å²) in [5, 5.41) is 0. The Morgan fingerprint density at radius 1 is 1.20 bits per heavy atom. The molecule has 1 aromatic carbocycles. The van der Waals surface area contributed by atoms with Crippen molar-refractivity contribution in [3.05, 3.63) is 42.4 Å². The van der Waals surface area contributed by atoms with Crippen LogP contribution >= 0.6 is 0 Å². The first-order chi connectivity index (χ1) is 9.61. The zero-order chi connectivity index (χ0) is 14.1. The highest BCUT2D eigenvalue weighted by Gasteiger charge is 2.20. The van der Waals surface area contributed by atoms with Gasteiger partial charge in [0.15, 0.2) is 0 Å². The Bertz CT molecular complexity index is 633. The summed E-state index contributed by atoms with van der Waals surface area (Å²) in [6, 6.07) is 3.29. The molecule has 104 valence electrons. The predicted octanol–water partition coefficient (Wildman–Crippen LogP) is 2.41. The Labute approximate surface area is 114 Å². The number of carbonyl (C=O) groups excluding carboxylic acids is 1. The molecular formula is C14H13F2N3O. The summed E-state index contributed by atoms with van der Waals surface area (Å²) >= 11 is 0. The van der Waals surface area contributed by atoms with Crippen molar-refractivity contribution in [3.8, 4) is 11.3 Å². The Morgan fingerprint density at radius 3 is 2.60 bits per heavy atom. The molecule has 1 saturated heterocycles. The van der Waals surface area contributed by atoms with Gasteiger partial charge in [-0.3, -0.25) is 4.79 Å². The highest BCUT2D eigenvalue weighted by Crippen LogP contribution is 2.20. The lowest BCUT2D eigenvalue weighted by Gasteiger charge is -2.15. The van der Waals surface area contributed by atoms with Gasteiger partial charge in [0.2, 0.25) is 5.91 Å². The molecule has 0 aliphatic carbocycles. The highest BCUT2D eigenvalue weighted by atomic mass is 19.1. The van der Waals surface area contributed by atoms with E-state index in [9.17, 15) is 13.6 Å². The smallest absolute Gasteiger partial charge is 0.224 e. The molecule has 1 aliphatic rings. The van der Waals surface area contributed by atoms with E-state index in [2.05, 4.69) is 4.98 Å². The molecule has 0 saturated carbocycles. The van der Waals surface area contributed by atoms with E-state index >= 15 is 0 Å². The molecule has 0 atom stereocenters. The number of aromatic nitrogens is 2. The first kappa shape index (κ1) is 12.8. The molecule has 0 spiro atoms. The maximum Gasteiger partial charge on any atom is 0.224 e. The molecule has 0 radical (unpaired) electrons. The number of imidazole rings is 1. The van der Waals surface area contributed by atoms with Crippen LogP contribution in [-0.2, 0) is 11.5 Å². The second-order valence-electron chi connectivity index (χ2n) is 4.83. The Hall–Kier alpha value is -2.24. The van der Waals surface area contributed by atoms with Crippen molar-refractivity contribution >= 4 is 5.91 Å². The summed E-state index contributed by atoms with van der Waals surface area (Å²) in [5.41, 5.74) is 0.865. The first-order valence-corrected chi connectivity index (χ1v) is 6.38. The number of amides is 1. The third-order valence-corrected chi connectivity index (χ3v) is 3.30. The lowest BCUT2D eigenvalue weighted by Crippen LogP contribution is -2.26. The van der Waals surface area contributed by atoms with Gasteiger partial charge in [-0.15, -0.1) is 0 Å². The monoisotopic (exact) mass is 277 g/mol. The second kappa shape index (κ2) is 5.03. The third kappa shape index (κ3) is 2.54. The average Bonchev–Trinajstić information content (AvgIpc) is 2.99. The Morgan fingerprint density at radius 2 is 1.95 bits per heavy atom. The fraction of sp³-hybridized carbons (Fsp3) is 0.286. The largest absolute Gasteiger partial charge is 0.325 e. The van der Waals surface area contributed by atoms with Crippen LogP contribution in [0.5, 0.6) is 0 Å². The van der Waals surface area contributed by atoms with Crippen LogP contribution in [0, 0.1) is 11.6 Å². The van der Waals surface area contributed by atoms with E-state index in [0.717, 1.165) is 19.0 Å². The predicted molar refractivity (Wildman–Crippen MR) is 68.5 cm³/mol. The maximum atomic E-state index is 13.2. The van der Waals surface area contributed by atoms with Crippen molar-refractivity contribution in [1.29, 1.82) is 0 Å². The molecule has 1 amide bonds. The van der Waals surface area contributed by atoms with Gasteiger partial charge >= 0.3 is 0 Å². The number of halogens is 2. The van der Waals surface area contributed by atoms with E-state index in [4.69, 9.17) is 0 Å². The first-order valence-electron chi connectivity index (χ1n) is 6.38. The molecule has 3 rings (SSSR count). The van der Waals surface area contributed by atoms with E-state index in [0.29, 0.717) is 24.3 Å². The van der Waals surface area contributed by atoms with Gasteiger partial charge in [0.1, 0.15) is 11.6 Å². The molecule has 1 aliphatic heterocycles. The van der Waals surface area contributed by atoms with Crippen molar-refractivity contribution in [1.82, 2.24) is 14.5 Å². The Balaban J connectivity index is 1.81. The number of hydrogen-bond acceptors (Lipinski definition) is 2. The van der Waals surface area contributed by atoms with Crippen LogP contribution in [0.2, 0.25) is 0 Å². The number of carbonyl (C=O) groups is 1. The Kier molecular flexibility index (Phi) is 3.22. The SMILES string of the molecule is O=C1CCCN1Cn1cnc(-c2cc(F)cc(F)c2)c1. The molecule has 4 nitrogen and oxygen atoms in total. The van der Waals surface area contributed by atoms with Crippen molar-refractivity contribution < 1.29 is 13.6 Å². The number of hydrogen-bond donors (Lipinski definition) is 0. The molecule has 1 fully saturated rings. The van der Waals surface area contributed by atoms with Gasteiger partial charge < -0.3 is 9.47 Å². The lowest BCUT2D eigenvalue weighted by molar-refractivity contribution is -0.129. The summed E-state index contributed by atoms with van der Waals surface area (Å²) in [7, 11) is 0. The van der Waals surface area contributed by atoms with Crippen molar-refractivity contribution in [2.75, 3.05) is 6.54 Å². The minimum atomic E-state index is -0.635. The van der Waals surface area contributed by atoms with Gasteiger partial charge in [-0.25, -0.2) is 13.8 Å². The molecular weight excluding hydrogens is 264 g/mol. The van der Waals surface area contributed by atoms with Gasteiger partial charge in [0.05, 0.1) is 18.7 Å². The fourth-order valence-electron chi connectivity index (χ4n) is 2.34. The molecule has 0 unspecified atom stereocenters. The van der Waals surface area contributed by atoms with E-state index in [-0.39, 0.29) is 5.91 Å². The standard InChI is InChI=1S/C14H13F2N3O/c15-11-4-10(5-12(16)6-11)13-7-18(8-17-13)9-19-3-1-2-14(19)20/h4-8H,1-3,9H2. The van der Waals surface area contributed by atoms with Crippen LogP contribution in [0.1, 0.15) is 12.8 Å². The van der Waals surface area contributed by atoms with Crippen LogP contribution in [-0.4, -0.2) is 26.9 Å². The average molecular weight is 277 g/mol. The molecule has 2 heterocycles. The number of benzene rings is 1. The van der Waals surface area contributed by atoms with Crippen LogP contribution in [0.3, 0.4) is 0 Å². The molecule has 20 heavy (non-hydrogen) atoms. The van der Waals surface area contributed by atoms with Crippen molar-refractivity contribution in [2.24, 2.45) is 0 Å². The van der Waals surface area contributed by atoms with Crippen LogP contribution in [0.4, 0.5) is 8.78 Å². The zero-order valence-corrected chi connectivity index (χ0v) is 10.7. The van der Waals surface area contributed by atoms with Crippen LogP contribution in [0.25, 0.3) is 11.3 Å². The summed E-state index contributed by atoms with van der Waals surface area (Å²) in [6.45, 7) is 1.16. The molecule has 2 aromatic rings. The summed E-state index contributed by atoms with van der Waals surface area (Å²) < 4.78 is 28.1. The fourth-order valence-corrected chi connectivity index (χ4v) is 2.34. The van der Waals surface area contributed by atoms with Gasteiger partial charge in [0, 0.05) is 30.8 Å². The van der Waals surface area contributed by atoms with Crippen molar-refractivity contribution in [2.45, 2.75) is 19.5 Å². The number of nitrogens with zero attached hydrogens (tertiary/aromatic N) is 3. The van der Waals surface area contributed by atoms with Crippen molar-refractivity contribution in [3.63, 3.8) is 0 Å². The van der Waals surface area contributed by atoms with Crippen LogP contribution < -0.4 is 0 Å². The van der Waals surface area contributed by atoms with Gasteiger partial charge in [0.25, 0.3) is 0 Å². The third-order valence-electron chi connectivity index (χ3n) is 3.30. The number of rotatable bonds is 3. The minimum Gasteiger partial charge on any atom is -0.325 e. The lowest BCUT2D eigenvalue weighted by atomic mass is 10.1. The normalized spacial score (nSPS) is 15.1. The summed E-state index contributed by atoms with van der Waals surface area (Å²) in [5.74, 6) is -1.15. The van der Waals surface area contributed by atoms with Gasteiger partial charge in [-0.05, 0) is 18.6 Å². The van der Waals surface area contributed by atoms with E-state index < -0.39 is 11.6 Å². The topological polar surface area (TPSA) is 38.1 Å². The minimum absolute atomic E-state index is 0.122. The van der Waals surface area contributed by atoms with E-state index in [1.807, 2.05) is 0 Å². The molecule has 1 aromatic heterocycles. The van der Waals surface area contributed by atoms with Crippen LogP contribution in [0.15, 0.2) is 30.7 Å². The second-order valence-corrected chi connectivity index (χ2v) is 4.83. The van der Waals surface area contributed by atoms with Gasteiger partial charge in [-0.2, -0.15) is 0 Å². The van der Waals surface area contributed by atoms with E-state index in [1.165, 1.54) is 12.1 Å². The van der Waals surface area contributed by atoms with Gasteiger partial charge in [-0.1, -0.05) is 0 Å². The molecule has 0 bridgehead atoms. The molecule has 6 heteroatoms. The summed E-state index contributed by atoms with van der Waals surface area (Å²) in [4.78, 5) is 17.4. The number of likely N-dealkylation sites (tertiary alicyclic amines) is 1.